The van der Waals surface area contributed by atoms with E-state index >= 15 is 0 Å². The number of para-hydroxylation sites is 1. The van der Waals surface area contributed by atoms with E-state index in [1.807, 2.05) is 29.6 Å². The van der Waals surface area contributed by atoms with Crippen LogP contribution in [0.15, 0.2) is 41.8 Å². The summed E-state index contributed by atoms with van der Waals surface area (Å²) in [5, 5.41) is 6.11. The number of rotatable bonds is 6. The maximum atomic E-state index is 12.9. The quantitative estimate of drug-likeness (QED) is 0.492. The van der Waals surface area contributed by atoms with Gasteiger partial charge in [-0.05, 0) is 62.9 Å². The van der Waals surface area contributed by atoms with E-state index in [1.54, 1.807) is 18.4 Å². The number of thiophene rings is 2. The van der Waals surface area contributed by atoms with Gasteiger partial charge in [-0.2, -0.15) is 0 Å². The van der Waals surface area contributed by atoms with Gasteiger partial charge in [0.1, 0.15) is 10.8 Å². The zero-order chi connectivity index (χ0) is 21.1. The van der Waals surface area contributed by atoms with Gasteiger partial charge in [0.05, 0.1) is 18.0 Å². The minimum Gasteiger partial charge on any atom is -0.496 e. The van der Waals surface area contributed by atoms with Gasteiger partial charge >= 0.3 is 0 Å². The second-order valence-corrected chi connectivity index (χ2v) is 9.87. The maximum absolute atomic E-state index is 12.9. The highest BCUT2D eigenvalue weighted by Gasteiger charge is 2.32. The van der Waals surface area contributed by atoms with Crippen LogP contribution in [0, 0.1) is 13.8 Å². The van der Waals surface area contributed by atoms with Gasteiger partial charge < -0.3 is 10.1 Å². The van der Waals surface area contributed by atoms with Crippen LogP contribution in [0.1, 0.15) is 56.5 Å². The molecule has 0 unspecified atom stereocenters. The Morgan fingerprint density at radius 1 is 1.10 bits per heavy atom. The fourth-order valence-corrected chi connectivity index (χ4v) is 5.95. The van der Waals surface area contributed by atoms with Crippen molar-refractivity contribution in [2.75, 3.05) is 25.5 Å². The van der Waals surface area contributed by atoms with Crippen molar-refractivity contribution < 1.29 is 9.53 Å². The first-order chi connectivity index (χ1) is 14.6. The number of piperidine rings is 1. The van der Waals surface area contributed by atoms with Crippen LogP contribution in [0.2, 0.25) is 0 Å². The monoisotopic (exact) mass is 440 g/mol. The minimum absolute atomic E-state index is 0.0371. The SMILES string of the molecule is COc1ccccc1[C@@H](c1c(NC(=O)c2cccs2)sc(C)c1C)N1CCCCC1. The van der Waals surface area contributed by atoms with E-state index in [-0.39, 0.29) is 11.9 Å². The number of methoxy groups -OCH3 is 1. The number of carbonyl (C=O) groups excluding carboxylic acids is 1. The molecule has 1 aromatic carbocycles. The zero-order valence-electron chi connectivity index (χ0n) is 17.7. The summed E-state index contributed by atoms with van der Waals surface area (Å²) in [6.45, 7) is 6.42. The van der Waals surface area contributed by atoms with Crippen molar-refractivity contribution in [3.05, 3.63) is 68.2 Å². The Morgan fingerprint density at radius 3 is 2.57 bits per heavy atom. The summed E-state index contributed by atoms with van der Waals surface area (Å²) in [5.74, 6) is 0.858. The first-order valence-electron chi connectivity index (χ1n) is 10.4. The van der Waals surface area contributed by atoms with Gasteiger partial charge in [0, 0.05) is 16.0 Å². The van der Waals surface area contributed by atoms with Gasteiger partial charge in [0.15, 0.2) is 0 Å². The second-order valence-electron chi connectivity index (χ2n) is 7.70. The Morgan fingerprint density at radius 2 is 1.87 bits per heavy atom. The van der Waals surface area contributed by atoms with E-state index in [0.29, 0.717) is 0 Å². The third kappa shape index (κ3) is 4.17. The third-order valence-electron chi connectivity index (χ3n) is 5.87. The van der Waals surface area contributed by atoms with E-state index in [9.17, 15) is 4.79 Å². The van der Waals surface area contributed by atoms with Crippen LogP contribution in [0.5, 0.6) is 5.75 Å². The lowest BCUT2D eigenvalue weighted by molar-refractivity contribution is 0.103. The molecule has 1 aliphatic heterocycles. The number of hydrogen-bond donors (Lipinski definition) is 1. The van der Waals surface area contributed by atoms with E-state index in [2.05, 4.69) is 36.2 Å². The van der Waals surface area contributed by atoms with Crippen LogP contribution in [0.4, 0.5) is 5.00 Å². The number of aryl methyl sites for hydroxylation is 1. The van der Waals surface area contributed by atoms with Crippen molar-refractivity contribution in [3.8, 4) is 5.75 Å². The van der Waals surface area contributed by atoms with Gasteiger partial charge in [-0.1, -0.05) is 30.7 Å². The number of anilines is 1. The van der Waals surface area contributed by atoms with Crippen molar-refractivity contribution in [2.45, 2.75) is 39.2 Å². The minimum atomic E-state index is -0.0371. The third-order valence-corrected chi connectivity index (χ3v) is 7.87. The normalized spacial score (nSPS) is 15.7. The number of benzene rings is 1. The van der Waals surface area contributed by atoms with E-state index < -0.39 is 0 Å². The highest BCUT2D eigenvalue weighted by atomic mass is 32.1. The van der Waals surface area contributed by atoms with E-state index in [4.69, 9.17) is 4.74 Å². The molecule has 158 valence electrons. The molecule has 4 rings (SSSR count). The molecule has 1 N–H and O–H groups in total. The van der Waals surface area contributed by atoms with Crippen molar-refractivity contribution in [1.82, 2.24) is 4.90 Å². The molecule has 0 saturated carbocycles. The molecule has 4 nitrogen and oxygen atoms in total. The fraction of sp³-hybridized carbons (Fsp3) is 0.375. The average molecular weight is 441 g/mol. The van der Waals surface area contributed by atoms with Crippen LogP contribution in [-0.4, -0.2) is 31.0 Å². The van der Waals surface area contributed by atoms with Gasteiger partial charge in [-0.3, -0.25) is 9.69 Å². The molecule has 1 saturated heterocycles. The number of likely N-dealkylation sites (tertiary alicyclic amines) is 1. The van der Waals surface area contributed by atoms with E-state index in [0.717, 1.165) is 34.3 Å². The molecule has 0 spiro atoms. The van der Waals surface area contributed by atoms with Gasteiger partial charge in [-0.15, -0.1) is 22.7 Å². The zero-order valence-corrected chi connectivity index (χ0v) is 19.4. The first-order valence-corrected chi connectivity index (χ1v) is 12.1. The molecule has 1 aliphatic rings. The van der Waals surface area contributed by atoms with Crippen molar-refractivity contribution in [2.24, 2.45) is 0 Å². The summed E-state index contributed by atoms with van der Waals surface area (Å²) in [4.78, 5) is 17.4. The molecule has 0 aliphatic carbocycles. The number of amides is 1. The Balaban J connectivity index is 1.81. The standard InChI is InChI=1S/C24H28N2O2S2/c1-16-17(2)30-24(25-23(27)20-12-9-15-29-20)21(16)22(26-13-7-4-8-14-26)18-10-5-6-11-19(18)28-3/h5-6,9-12,15,22H,4,7-8,13-14H2,1-3H3,(H,25,27)/t22-/m0/s1. The van der Waals surface area contributed by atoms with Crippen LogP contribution >= 0.6 is 22.7 Å². The predicted molar refractivity (Wildman–Crippen MR) is 126 cm³/mol. The number of carbonyl (C=O) groups is 1. The van der Waals surface area contributed by atoms with Crippen LogP contribution in [-0.2, 0) is 0 Å². The second kappa shape index (κ2) is 9.33. The van der Waals surface area contributed by atoms with Gasteiger partial charge in [0.25, 0.3) is 5.91 Å². The van der Waals surface area contributed by atoms with Crippen LogP contribution < -0.4 is 10.1 Å². The summed E-state index contributed by atoms with van der Waals surface area (Å²) in [6, 6.07) is 12.1. The highest BCUT2D eigenvalue weighted by Crippen LogP contribution is 2.45. The summed E-state index contributed by atoms with van der Waals surface area (Å²) in [7, 11) is 1.73. The molecule has 30 heavy (non-hydrogen) atoms. The van der Waals surface area contributed by atoms with Crippen molar-refractivity contribution in [3.63, 3.8) is 0 Å². The molecule has 3 heterocycles. The lowest BCUT2D eigenvalue weighted by Crippen LogP contribution is -2.35. The lowest BCUT2D eigenvalue weighted by atomic mass is 9.92. The largest absolute Gasteiger partial charge is 0.496 e. The van der Waals surface area contributed by atoms with Crippen molar-refractivity contribution >= 4 is 33.6 Å². The van der Waals surface area contributed by atoms with Crippen LogP contribution in [0.3, 0.4) is 0 Å². The average Bonchev–Trinajstić information content (AvgIpc) is 3.40. The van der Waals surface area contributed by atoms with Gasteiger partial charge in [0.2, 0.25) is 0 Å². The summed E-state index contributed by atoms with van der Waals surface area (Å²) >= 11 is 3.14. The number of nitrogens with one attached hydrogen (secondary N) is 1. The number of ether oxygens (including phenoxy) is 1. The molecule has 0 radical (unpaired) electrons. The van der Waals surface area contributed by atoms with Gasteiger partial charge in [-0.25, -0.2) is 0 Å². The van der Waals surface area contributed by atoms with Crippen molar-refractivity contribution in [1.29, 1.82) is 0 Å². The molecule has 6 heteroatoms. The summed E-state index contributed by atoms with van der Waals surface area (Å²) < 4.78 is 5.76. The molecule has 3 aromatic rings. The topological polar surface area (TPSA) is 41.6 Å². The molecule has 1 amide bonds. The molecular formula is C24H28N2O2S2. The Labute approximate surface area is 186 Å². The number of nitrogens with zero attached hydrogens (tertiary/aromatic N) is 1. The lowest BCUT2D eigenvalue weighted by Gasteiger charge is -2.36. The Hall–Kier alpha value is -2.15. The molecule has 2 aromatic heterocycles. The number of hydrogen-bond acceptors (Lipinski definition) is 5. The molecule has 1 fully saturated rings. The Bertz CT molecular complexity index is 1000. The molecule has 0 bridgehead atoms. The smallest absolute Gasteiger partial charge is 0.266 e. The van der Waals surface area contributed by atoms with Crippen LogP contribution in [0.25, 0.3) is 0 Å². The first kappa shape index (κ1) is 21.1. The fourth-order valence-electron chi connectivity index (χ4n) is 4.24. The van der Waals surface area contributed by atoms with E-state index in [1.165, 1.54) is 46.6 Å². The summed E-state index contributed by atoms with van der Waals surface area (Å²) in [5.41, 5.74) is 3.62. The predicted octanol–water partition coefficient (Wildman–Crippen LogP) is 6.26. The molecule has 1 atom stereocenters. The highest BCUT2D eigenvalue weighted by molar-refractivity contribution is 7.17. The Kier molecular flexibility index (Phi) is 6.56. The summed E-state index contributed by atoms with van der Waals surface area (Å²) in [6.07, 6.45) is 3.67. The molecular weight excluding hydrogens is 412 g/mol. The maximum Gasteiger partial charge on any atom is 0.266 e.